The van der Waals surface area contributed by atoms with Gasteiger partial charge in [0.05, 0.1) is 36.0 Å². The van der Waals surface area contributed by atoms with E-state index in [-0.39, 0.29) is 17.9 Å². The van der Waals surface area contributed by atoms with E-state index < -0.39 is 0 Å². The normalized spacial score (nSPS) is 22.7. The van der Waals surface area contributed by atoms with Gasteiger partial charge in [-0.25, -0.2) is 15.2 Å². The van der Waals surface area contributed by atoms with E-state index in [0.717, 1.165) is 96.0 Å². The van der Waals surface area contributed by atoms with Crippen molar-refractivity contribution in [1.82, 2.24) is 10.4 Å². The molecule has 1 aromatic heterocycles. The van der Waals surface area contributed by atoms with Crippen molar-refractivity contribution >= 4 is 38.6 Å². The molecule has 0 unspecified atom stereocenters. The molecule has 0 spiro atoms. The van der Waals surface area contributed by atoms with Crippen LogP contribution in [0.5, 0.6) is 17.2 Å². The summed E-state index contributed by atoms with van der Waals surface area (Å²) in [5.41, 5.74) is 10.4. The second kappa shape index (κ2) is 23.9. The number of nitrogens with one attached hydrogen (secondary N) is 2. The molecule has 0 bridgehead atoms. The third-order valence-electron chi connectivity index (χ3n) is 13.8. The van der Waals surface area contributed by atoms with E-state index in [4.69, 9.17) is 23.9 Å². The topological polar surface area (TPSA) is 108 Å². The summed E-state index contributed by atoms with van der Waals surface area (Å²) >= 11 is 1.65. The van der Waals surface area contributed by atoms with Crippen molar-refractivity contribution in [2.75, 3.05) is 25.2 Å². The third kappa shape index (κ3) is 13.5. The fraction of sp³-hybridized carbons (Fsp3) is 0.558. The zero-order valence-corrected chi connectivity index (χ0v) is 37.8. The molecule has 62 heavy (non-hydrogen) atoms. The molecular weight excluding hydrogens is 795 g/mol. The molecule has 3 aliphatic carbocycles. The van der Waals surface area contributed by atoms with E-state index in [1.165, 1.54) is 81.4 Å². The minimum atomic E-state index is -0.377. The van der Waals surface area contributed by atoms with Crippen LogP contribution in [-0.2, 0) is 20.9 Å². The number of hydrogen-bond donors (Lipinski definition) is 2. The van der Waals surface area contributed by atoms with Crippen LogP contribution < -0.4 is 25.1 Å². The van der Waals surface area contributed by atoms with Gasteiger partial charge < -0.3 is 18.9 Å². The Morgan fingerprint density at radius 3 is 2.19 bits per heavy atom. The minimum Gasteiger partial charge on any atom is -0.494 e. The number of ether oxygens (including phenoxy) is 4. The summed E-state index contributed by atoms with van der Waals surface area (Å²) in [5, 5.41) is 0.856. The molecule has 0 aliphatic heterocycles. The number of aromatic nitrogens is 1. The van der Waals surface area contributed by atoms with Crippen molar-refractivity contribution in [3.8, 4) is 17.2 Å². The molecule has 3 saturated carbocycles. The first kappa shape index (κ1) is 45.6. The number of para-hydroxylation sites is 1. The first-order valence-electron chi connectivity index (χ1n) is 23.8. The molecule has 0 saturated heterocycles. The summed E-state index contributed by atoms with van der Waals surface area (Å²) in [5.74, 6) is 5.39. The number of thiazole rings is 1. The number of nitrogens with zero attached hydrogens (tertiary/aromatic N) is 1. The Morgan fingerprint density at radius 1 is 0.774 bits per heavy atom. The molecule has 334 valence electrons. The quantitative estimate of drug-likeness (QED) is 0.0262. The Bertz CT molecular complexity index is 1960. The predicted molar refractivity (Wildman–Crippen MR) is 250 cm³/mol. The molecule has 0 amide bonds. The van der Waals surface area contributed by atoms with E-state index in [9.17, 15) is 9.59 Å². The SMILES string of the molecule is C=CC(=O)OCCCCCCOc1ccc(OC(=O)C2CCC(COc3ccc(C4CCC(C5CCC(CCC)CC5)CC4)cc3CNNc3nc4ccccc4s3)CC2)cc1. The third-order valence-corrected chi connectivity index (χ3v) is 14.7. The zero-order chi connectivity index (χ0) is 42.9. The van der Waals surface area contributed by atoms with Crippen molar-refractivity contribution < 1.29 is 28.5 Å². The Balaban J connectivity index is 0.858. The average Bonchev–Trinajstić information content (AvgIpc) is 3.73. The van der Waals surface area contributed by atoms with Gasteiger partial charge >= 0.3 is 11.9 Å². The second-order valence-electron chi connectivity index (χ2n) is 18.1. The van der Waals surface area contributed by atoms with Crippen molar-refractivity contribution in [3.05, 3.63) is 90.5 Å². The highest BCUT2D eigenvalue weighted by atomic mass is 32.1. The summed E-state index contributed by atoms with van der Waals surface area (Å²) in [4.78, 5) is 29.0. The van der Waals surface area contributed by atoms with Crippen LogP contribution in [0.4, 0.5) is 5.13 Å². The summed E-state index contributed by atoms with van der Waals surface area (Å²) in [6, 6.07) is 22.5. The smallest absolute Gasteiger partial charge is 0.330 e. The fourth-order valence-electron chi connectivity index (χ4n) is 10.1. The highest BCUT2D eigenvalue weighted by molar-refractivity contribution is 7.22. The van der Waals surface area contributed by atoms with Gasteiger partial charge in [0, 0.05) is 18.2 Å². The zero-order valence-electron chi connectivity index (χ0n) is 37.0. The van der Waals surface area contributed by atoms with Gasteiger partial charge in [0.2, 0.25) is 0 Å². The first-order chi connectivity index (χ1) is 30.4. The van der Waals surface area contributed by atoms with Crippen LogP contribution in [0.1, 0.15) is 140 Å². The largest absolute Gasteiger partial charge is 0.494 e. The van der Waals surface area contributed by atoms with Gasteiger partial charge in [-0.15, -0.1) is 0 Å². The van der Waals surface area contributed by atoms with Crippen LogP contribution in [0.15, 0.2) is 79.4 Å². The molecule has 1 heterocycles. The monoisotopic (exact) mass is 863 g/mol. The van der Waals surface area contributed by atoms with Crippen LogP contribution in [0, 0.1) is 29.6 Å². The van der Waals surface area contributed by atoms with Gasteiger partial charge in [0.1, 0.15) is 17.2 Å². The van der Waals surface area contributed by atoms with E-state index in [1.54, 1.807) is 23.5 Å². The van der Waals surface area contributed by atoms with E-state index in [2.05, 4.69) is 54.7 Å². The molecule has 0 radical (unpaired) electrons. The summed E-state index contributed by atoms with van der Waals surface area (Å²) in [6.07, 6.45) is 22.2. The van der Waals surface area contributed by atoms with Crippen LogP contribution in [0.3, 0.4) is 0 Å². The lowest BCUT2D eigenvalue weighted by Crippen LogP contribution is -2.28. The fourth-order valence-corrected chi connectivity index (χ4v) is 10.9. The molecule has 4 aromatic rings. The summed E-state index contributed by atoms with van der Waals surface area (Å²) in [7, 11) is 0. The lowest BCUT2D eigenvalue weighted by Gasteiger charge is -2.38. The van der Waals surface area contributed by atoms with Gasteiger partial charge in [0.15, 0.2) is 5.13 Å². The van der Waals surface area contributed by atoms with Crippen molar-refractivity contribution in [2.24, 2.45) is 29.6 Å². The Labute approximate surface area is 373 Å². The standard InChI is InChI=1S/C52H69N3O6S/c1-3-11-37-14-18-39(19-15-37)40-22-24-41(25-23-40)43-26-31-48(44(34-43)35-53-55-52-54-47-12-7-8-13-49(47)62-52)60-36-38-16-20-42(21-17-38)51(57)61-46-29-27-45(28-30-46)58-32-9-5-6-10-33-59-50(56)4-2/h4,7-8,12-13,26-31,34,37-42,53H,2-3,5-6,9-11,14-25,32-33,35-36H2,1H3,(H,54,55). The van der Waals surface area contributed by atoms with E-state index in [0.29, 0.717) is 44.0 Å². The molecule has 3 aliphatic rings. The number of hydrogen-bond acceptors (Lipinski definition) is 10. The molecule has 7 rings (SSSR count). The maximum Gasteiger partial charge on any atom is 0.330 e. The molecule has 3 fully saturated rings. The number of fused-ring (bicyclic) bond motifs is 1. The number of esters is 2. The Morgan fingerprint density at radius 2 is 1.47 bits per heavy atom. The van der Waals surface area contributed by atoms with Gasteiger partial charge in [-0.1, -0.05) is 74.8 Å². The molecule has 2 N–H and O–H groups in total. The van der Waals surface area contributed by atoms with Crippen molar-refractivity contribution in [1.29, 1.82) is 0 Å². The van der Waals surface area contributed by atoms with Gasteiger partial charge in [-0.05, 0) is 168 Å². The number of carbonyl (C=O) groups excluding carboxylic acids is 2. The van der Waals surface area contributed by atoms with E-state index >= 15 is 0 Å². The molecule has 9 nitrogen and oxygen atoms in total. The number of rotatable bonds is 22. The Kier molecular flexibility index (Phi) is 17.6. The number of carbonyl (C=O) groups is 2. The highest BCUT2D eigenvalue weighted by Gasteiger charge is 2.32. The second-order valence-corrected chi connectivity index (χ2v) is 19.1. The lowest BCUT2D eigenvalue weighted by molar-refractivity contribution is -0.140. The van der Waals surface area contributed by atoms with Crippen molar-refractivity contribution in [3.63, 3.8) is 0 Å². The number of benzene rings is 3. The maximum atomic E-state index is 13.2. The van der Waals surface area contributed by atoms with E-state index in [1.807, 2.05) is 24.3 Å². The lowest BCUT2D eigenvalue weighted by atomic mass is 9.68. The highest BCUT2D eigenvalue weighted by Crippen LogP contribution is 2.45. The summed E-state index contributed by atoms with van der Waals surface area (Å²) < 4.78 is 24.5. The molecule has 10 heteroatoms. The number of hydrazine groups is 1. The van der Waals surface area contributed by atoms with Crippen LogP contribution in [0.25, 0.3) is 10.2 Å². The summed E-state index contributed by atoms with van der Waals surface area (Å²) in [6.45, 7) is 8.02. The minimum absolute atomic E-state index is 0.110. The van der Waals surface area contributed by atoms with Crippen LogP contribution in [0.2, 0.25) is 0 Å². The molecule has 3 aromatic carbocycles. The van der Waals surface area contributed by atoms with Gasteiger partial charge in [-0.2, -0.15) is 0 Å². The molecular formula is C52H69N3O6S. The average molecular weight is 864 g/mol. The Hall–Kier alpha value is -4.41. The first-order valence-corrected chi connectivity index (χ1v) is 24.6. The number of unbranched alkanes of at least 4 members (excludes halogenated alkanes) is 3. The predicted octanol–water partition coefficient (Wildman–Crippen LogP) is 12.8. The maximum absolute atomic E-state index is 13.2. The number of anilines is 1. The van der Waals surface area contributed by atoms with Crippen LogP contribution in [-0.4, -0.2) is 36.7 Å². The van der Waals surface area contributed by atoms with Crippen LogP contribution >= 0.6 is 11.3 Å². The van der Waals surface area contributed by atoms with Gasteiger partial charge in [-0.3, -0.25) is 10.2 Å². The van der Waals surface area contributed by atoms with Gasteiger partial charge in [0.25, 0.3) is 0 Å². The van der Waals surface area contributed by atoms with Crippen molar-refractivity contribution in [2.45, 2.75) is 135 Å². The molecule has 0 atom stereocenters.